The van der Waals surface area contributed by atoms with E-state index in [0.29, 0.717) is 12.1 Å². The lowest BCUT2D eigenvalue weighted by Gasteiger charge is -2.28. The number of aliphatic hydroxyl groups is 1. The monoisotopic (exact) mass is 327 g/mol. The first-order chi connectivity index (χ1) is 11.5. The van der Waals surface area contributed by atoms with E-state index in [1.807, 2.05) is 38.1 Å². The van der Waals surface area contributed by atoms with Crippen LogP contribution >= 0.6 is 0 Å². The third kappa shape index (κ3) is 3.22. The minimum absolute atomic E-state index is 0.00537. The summed E-state index contributed by atoms with van der Waals surface area (Å²) in [5, 5.41) is 12.8. The molecule has 128 valence electrons. The number of carbonyl (C=O) groups excluding carboxylic acids is 1. The largest absolute Gasteiger partial charge is 0.394 e. The van der Waals surface area contributed by atoms with Gasteiger partial charge in [0, 0.05) is 17.6 Å². The van der Waals surface area contributed by atoms with E-state index in [1.165, 1.54) is 0 Å². The van der Waals surface area contributed by atoms with E-state index in [1.54, 1.807) is 6.20 Å². The molecule has 0 aliphatic heterocycles. The van der Waals surface area contributed by atoms with E-state index >= 15 is 0 Å². The number of hydrogen-bond acceptors (Lipinski definition) is 3. The maximum atomic E-state index is 12.8. The Kier molecular flexibility index (Phi) is 4.71. The van der Waals surface area contributed by atoms with E-state index in [-0.39, 0.29) is 12.5 Å². The summed E-state index contributed by atoms with van der Waals surface area (Å²) in [6, 6.07) is 7.77. The van der Waals surface area contributed by atoms with Gasteiger partial charge in [-0.2, -0.15) is 0 Å². The molecule has 1 saturated carbocycles. The normalized spacial score (nSPS) is 16.3. The van der Waals surface area contributed by atoms with Gasteiger partial charge in [0.05, 0.1) is 29.9 Å². The third-order valence-electron chi connectivity index (χ3n) is 5.11. The molecular formula is C19H25N3O2. The Hall–Kier alpha value is -2.14. The van der Waals surface area contributed by atoms with Crippen LogP contribution in [0.5, 0.6) is 0 Å². The molecule has 3 rings (SSSR count). The predicted octanol–water partition coefficient (Wildman–Crippen LogP) is 2.58. The van der Waals surface area contributed by atoms with Crippen LogP contribution in [0.3, 0.4) is 0 Å². The van der Waals surface area contributed by atoms with Gasteiger partial charge >= 0.3 is 0 Å². The van der Waals surface area contributed by atoms with Gasteiger partial charge in [-0.15, -0.1) is 0 Å². The van der Waals surface area contributed by atoms with Crippen molar-refractivity contribution in [2.75, 3.05) is 6.61 Å². The van der Waals surface area contributed by atoms with Crippen molar-refractivity contribution in [3.05, 3.63) is 53.1 Å². The molecule has 0 bridgehead atoms. The summed E-state index contributed by atoms with van der Waals surface area (Å²) in [7, 11) is 0. The van der Waals surface area contributed by atoms with E-state index in [2.05, 4.69) is 14.9 Å². The van der Waals surface area contributed by atoms with Crippen molar-refractivity contribution in [2.24, 2.45) is 0 Å². The van der Waals surface area contributed by atoms with Crippen molar-refractivity contribution in [1.82, 2.24) is 14.9 Å². The highest BCUT2D eigenvalue weighted by Gasteiger charge is 2.35. The van der Waals surface area contributed by atoms with Gasteiger partial charge in [-0.25, -0.2) is 0 Å². The Balaban J connectivity index is 1.81. The van der Waals surface area contributed by atoms with Crippen molar-refractivity contribution < 1.29 is 9.90 Å². The highest BCUT2D eigenvalue weighted by Crippen LogP contribution is 2.30. The number of nitrogens with one attached hydrogen (secondary N) is 1. The van der Waals surface area contributed by atoms with Gasteiger partial charge in [-0.05, 0) is 44.9 Å². The number of nitrogens with zero attached hydrogens (tertiary/aromatic N) is 2. The first kappa shape index (κ1) is 16.7. The highest BCUT2D eigenvalue weighted by atomic mass is 16.3. The van der Waals surface area contributed by atoms with Crippen LogP contribution in [0.4, 0.5) is 0 Å². The van der Waals surface area contributed by atoms with E-state index < -0.39 is 5.54 Å². The number of aromatic nitrogens is 2. The van der Waals surface area contributed by atoms with E-state index in [4.69, 9.17) is 0 Å². The van der Waals surface area contributed by atoms with Crippen molar-refractivity contribution in [2.45, 2.75) is 51.6 Å². The van der Waals surface area contributed by atoms with Crippen molar-refractivity contribution in [3.8, 4) is 0 Å². The third-order valence-corrected chi connectivity index (χ3v) is 5.11. The molecule has 1 fully saturated rings. The Labute approximate surface area is 142 Å². The number of aliphatic hydroxyl groups excluding tert-OH is 1. The maximum absolute atomic E-state index is 12.8. The van der Waals surface area contributed by atoms with Crippen LogP contribution in [0.2, 0.25) is 0 Å². The van der Waals surface area contributed by atoms with Crippen LogP contribution in [0.1, 0.15) is 53.1 Å². The van der Waals surface area contributed by atoms with Crippen LogP contribution in [0, 0.1) is 13.8 Å². The molecule has 1 amide bonds. The van der Waals surface area contributed by atoms with Crippen LogP contribution < -0.4 is 5.32 Å². The zero-order chi connectivity index (χ0) is 17.2. The molecule has 0 saturated heterocycles. The second kappa shape index (κ2) is 6.77. The fourth-order valence-corrected chi connectivity index (χ4v) is 3.61. The smallest absolute Gasteiger partial charge is 0.253 e. The van der Waals surface area contributed by atoms with Crippen molar-refractivity contribution >= 4 is 5.91 Å². The SMILES string of the molecule is Cc1cc(C(=O)NC2(CO)CCCC2)c(C)n1Cc1ccccn1. The molecule has 1 aliphatic carbocycles. The van der Waals surface area contributed by atoms with Gasteiger partial charge in [-0.3, -0.25) is 9.78 Å². The fraction of sp³-hybridized carbons (Fsp3) is 0.474. The number of aryl methyl sites for hydroxylation is 1. The second-order valence-corrected chi connectivity index (χ2v) is 6.79. The molecule has 0 spiro atoms. The highest BCUT2D eigenvalue weighted by molar-refractivity contribution is 5.96. The molecule has 0 aromatic carbocycles. The molecule has 2 aromatic heterocycles. The van der Waals surface area contributed by atoms with Crippen LogP contribution in [-0.2, 0) is 6.54 Å². The van der Waals surface area contributed by atoms with E-state index in [0.717, 1.165) is 42.8 Å². The molecule has 1 aliphatic rings. The summed E-state index contributed by atoms with van der Waals surface area (Å²) in [6.07, 6.45) is 5.59. The summed E-state index contributed by atoms with van der Waals surface area (Å²) in [5.41, 5.74) is 3.17. The standard InChI is InChI=1S/C19H25N3O2/c1-14-11-17(18(24)21-19(13-23)8-4-5-9-19)15(2)22(14)12-16-7-3-6-10-20-16/h3,6-7,10-11,23H,4-5,8-9,12-13H2,1-2H3,(H,21,24). The van der Waals surface area contributed by atoms with Crippen LogP contribution in [0.25, 0.3) is 0 Å². The first-order valence-electron chi connectivity index (χ1n) is 8.55. The molecule has 0 radical (unpaired) electrons. The first-order valence-corrected chi connectivity index (χ1v) is 8.55. The van der Waals surface area contributed by atoms with Crippen molar-refractivity contribution in [3.63, 3.8) is 0 Å². The zero-order valence-corrected chi connectivity index (χ0v) is 14.4. The molecular weight excluding hydrogens is 302 g/mol. The fourth-order valence-electron chi connectivity index (χ4n) is 3.61. The summed E-state index contributed by atoms with van der Waals surface area (Å²) in [5.74, 6) is -0.0914. The minimum atomic E-state index is -0.444. The second-order valence-electron chi connectivity index (χ2n) is 6.79. The van der Waals surface area contributed by atoms with Gasteiger partial charge < -0.3 is 15.0 Å². The van der Waals surface area contributed by atoms with Gasteiger partial charge in [0.1, 0.15) is 0 Å². The zero-order valence-electron chi connectivity index (χ0n) is 14.4. The van der Waals surface area contributed by atoms with Gasteiger partial charge in [-0.1, -0.05) is 18.9 Å². The molecule has 2 N–H and O–H groups in total. The number of rotatable bonds is 5. The number of amides is 1. The maximum Gasteiger partial charge on any atom is 0.253 e. The number of hydrogen-bond donors (Lipinski definition) is 2. The Morgan fingerprint density at radius 3 is 2.71 bits per heavy atom. The number of carbonyl (C=O) groups is 1. The molecule has 5 nitrogen and oxygen atoms in total. The minimum Gasteiger partial charge on any atom is -0.394 e. The molecule has 0 atom stereocenters. The Morgan fingerprint density at radius 1 is 1.33 bits per heavy atom. The molecule has 24 heavy (non-hydrogen) atoms. The summed E-state index contributed by atoms with van der Waals surface area (Å²) in [4.78, 5) is 17.1. The molecule has 2 aromatic rings. The average Bonchev–Trinajstić information content (AvgIpc) is 3.16. The van der Waals surface area contributed by atoms with Gasteiger partial charge in [0.25, 0.3) is 5.91 Å². The predicted molar refractivity (Wildman–Crippen MR) is 93.0 cm³/mol. The topological polar surface area (TPSA) is 67.2 Å². The lowest BCUT2D eigenvalue weighted by molar-refractivity contribution is 0.0838. The molecule has 0 unspecified atom stereocenters. The Morgan fingerprint density at radius 2 is 2.08 bits per heavy atom. The summed E-state index contributed by atoms with van der Waals surface area (Å²) < 4.78 is 2.11. The van der Waals surface area contributed by atoms with E-state index in [9.17, 15) is 9.90 Å². The molecule has 5 heteroatoms. The molecule has 2 heterocycles. The van der Waals surface area contributed by atoms with Gasteiger partial charge in [0.2, 0.25) is 0 Å². The van der Waals surface area contributed by atoms with Crippen LogP contribution in [0.15, 0.2) is 30.5 Å². The summed E-state index contributed by atoms with van der Waals surface area (Å²) in [6.45, 7) is 4.62. The van der Waals surface area contributed by atoms with Crippen molar-refractivity contribution in [1.29, 1.82) is 0 Å². The van der Waals surface area contributed by atoms with Gasteiger partial charge in [0.15, 0.2) is 0 Å². The lowest BCUT2D eigenvalue weighted by Crippen LogP contribution is -2.49. The average molecular weight is 327 g/mol. The lowest BCUT2D eigenvalue weighted by atomic mass is 9.98. The Bertz CT molecular complexity index is 716. The summed E-state index contributed by atoms with van der Waals surface area (Å²) >= 11 is 0. The quantitative estimate of drug-likeness (QED) is 0.887. The van der Waals surface area contributed by atoms with Crippen LogP contribution in [-0.4, -0.2) is 32.7 Å². The number of pyridine rings is 1.